The summed E-state index contributed by atoms with van der Waals surface area (Å²) in [5, 5.41) is 13.8. The molecule has 0 amide bonds. The zero-order chi connectivity index (χ0) is 13.5. The first kappa shape index (κ1) is 13.2. The number of nitrogen functional groups attached to an aromatic ring is 1. The van der Waals surface area contributed by atoms with Crippen molar-refractivity contribution in [3.63, 3.8) is 0 Å². The van der Waals surface area contributed by atoms with E-state index < -0.39 is 15.9 Å². The fraction of sp³-hybridized carbons (Fsp3) is 0.700. The van der Waals surface area contributed by atoms with E-state index in [0.717, 1.165) is 19.1 Å². The first-order valence-corrected chi connectivity index (χ1v) is 7.65. The van der Waals surface area contributed by atoms with Crippen LogP contribution in [-0.4, -0.2) is 48.8 Å². The van der Waals surface area contributed by atoms with Crippen molar-refractivity contribution in [2.24, 2.45) is 7.05 Å². The van der Waals surface area contributed by atoms with Gasteiger partial charge in [-0.05, 0) is 12.8 Å². The number of rotatable bonds is 2. The maximum atomic E-state index is 11.8. The normalized spacial score (nSPS) is 21.3. The quantitative estimate of drug-likeness (QED) is 0.744. The summed E-state index contributed by atoms with van der Waals surface area (Å²) < 4.78 is 24.9. The first-order chi connectivity index (χ1) is 8.30. The maximum absolute atomic E-state index is 11.8. The summed E-state index contributed by atoms with van der Waals surface area (Å²) in [6.45, 7) is 1.06. The molecule has 2 rings (SSSR count). The molecule has 0 radical (unpaired) electrons. The van der Waals surface area contributed by atoms with Gasteiger partial charge in [-0.3, -0.25) is 0 Å². The Bertz CT molecular complexity index is 552. The molecular weight excluding hydrogens is 256 g/mol. The third-order valence-electron chi connectivity index (χ3n) is 3.10. The molecule has 1 saturated heterocycles. The molecule has 1 fully saturated rings. The molecule has 3 N–H and O–H groups in total. The van der Waals surface area contributed by atoms with E-state index in [2.05, 4.69) is 5.10 Å². The third kappa shape index (κ3) is 2.30. The van der Waals surface area contributed by atoms with Crippen molar-refractivity contribution in [1.29, 1.82) is 0 Å². The van der Waals surface area contributed by atoms with Gasteiger partial charge in [0.1, 0.15) is 5.82 Å². The van der Waals surface area contributed by atoms with Crippen LogP contribution in [0.5, 0.6) is 0 Å². The first-order valence-electron chi connectivity index (χ1n) is 5.76. The molecule has 0 saturated carbocycles. The van der Waals surface area contributed by atoms with E-state index in [-0.39, 0.29) is 10.7 Å². The highest BCUT2D eigenvalue weighted by atomic mass is 32.2. The number of β-amino-alcohol motifs (C(OH)–C–C–N with tert-alkyl or cyclic N) is 1. The lowest BCUT2D eigenvalue weighted by Gasteiger charge is -2.30. The molecule has 1 aliphatic heterocycles. The van der Waals surface area contributed by atoms with Gasteiger partial charge in [-0.1, -0.05) is 0 Å². The molecule has 1 atom stereocenters. The number of hydrogen-bond donors (Lipinski definition) is 2. The molecule has 1 aromatic rings. The van der Waals surface area contributed by atoms with Crippen LogP contribution in [0.15, 0.2) is 4.90 Å². The average Bonchev–Trinajstić information content (AvgIpc) is 2.55. The zero-order valence-electron chi connectivity index (χ0n) is 10.5. The van der Waals surface area contributed by atoms with Crippen LogP contribution in [0, 0.1) is 0 Å². The van der Waals surface area contributed by atoms with Crippen molar-refractivity contribution in [3.8, 4) is 0 Å². The van der Waals surface area contributed by atoms with E-state index in [9.17, 15) is 13.5 Å². The second-order valence-corrected chi connectivity index (χ2v) is 6.63. The predicted molar refractivity (Wildman–Crippen MR) is 68.2 cm³/mol. The highest BCUT2D eigenvalue weighted by Gasteiger charge is 2.29. The van der Waals surface area contributed by atoms with Gasteiger partial charge in [-0.25, -0.2) is 13.1 Å². The van der Waals surface area contributed by atoms with Crippen molar-refractivity contribution in [2.45, 2.75) is 23.8 Å². The number of piperidine rings is 1. The number of anilines is 2. The van der Waals surface area contributed by atoms with Crippen LogP contribution in [0.2, 0.25) is 0 Å². The molecule has 2 heterocycles. The number of aromatic nitrogens is 2. The Morgan fingerprint density at radius 3 is 2.72 bits per heavy atom. The summed E-state index contributed by atoms with van der Waals surface area (Å²) in [6.07, 6.45) is 2.20. The SMILES string of the molecule is Cn1nc(N2CCCC(O)C2)c(S(C)(=O)=O)c1N. The second kappa shape index (κ2) is 4.43. The summed E-state index contributed by atoms with van der Waals surface area (Å²) in [5.74, 6) is 0.476. The van der Waals surface area contributed by atoms with Gasteiger partial charge in [-0.2, -0.15) is 5.10 Å². The Morgan fingerprint density at radius 2 is 2.17 bits per heavy atom. The van der Waals surface area contributed by atoms with Gasteiger partial charge in [0.15, 0.2) is 20.6 Å². The van der Waals surface area contributed by atoms with Crippen LogP contribution >= 0.6 is 0 Å². The number of nitrogens with zero attached hydrogens (tertiary/aromatic N) is 3. The van der Waals surface area contributed by atoms with Gasteiger partial charge in [0, 0.05) is 26.4 Å². The molecule has 0 aliphatic carbocycles. The number of aryl methyl sites for hydroxylation is 1. The topological polar surface area (TPSA) is 101 Å². The Hall–Kier alpha value is -1.28. The van der Waals surface area contributed by atoms with Gasteiger partial charge in [0.05, 0.1) is 6.10 Å². The molecule has 0 aromatic carbocycles. The minimum absolute atomic E-state index is 0.0547. The summed E-state index contributed by atoms with van der Waals surface area (Å²) >= 11 is 0. The zero-order valence-corrected chi connectivity index (χ0v) is 11.3. The monoisotopic (exact) mass is 274 g/mol. The standard InChI is InChI=1S/C10H18N4O3S/c1-13-9(11)8(18(2,16)17)10(12-13)14-5-3-4-7(15)6-14/h7,15H,3-6,11H2,1-2H3. The molecular formula is C10H18N4O3S. The van der Waals surface area contributed by atoms with Gasteiger partial charge >= 0.3 is 0 Å². The number of hydrogen-bond acceptors (Lipinski definition) is 6. The number of aliphatic hydroxyl groups excluding tert-OH is 1. The van der Waals surface area contributed by atoms with Gasteiger partial charge in [0.2, 0.25) is 0 Å². The van der Waals surface area contributed by atoms with E-state index in [1.165, 1.54) is 4.68 Å². The fourth-order valence-corrected chi connectivity index (χ4v) is 3.23. The van der Waals surface area contributed by atoms with Crippen molar-refractivity contribution in [2.75, 3.05) is 30.0 Å². The van der Waals surface area contributed by atoms with Crippen LogP contribution in [0.1, 0.15) is 12.8 Å². The van der Waals surface area contributed by atoms with Crippen LogP contribution in [-0.2, 0) is 16.9 Å². The van der Waals surface area contributed by atoms with Crippen LogP contribution in [0.25, 0.3) is 0 Å². The van der Waals surface area contributed by atoms with Crippen molar-refractivity contribution < 1.29 is 13.5 Å². The highest BCUT2D eigenvalue weighted by Crippen LogP contribution is 2.31. The summed E-state index contributed by atoms with van der Waals surface area (Å²) in [4.78, 5) is 1.83. The molecule has 0 bridgehead atoms. The lowest BCUT2D eigenvalue weighted by atomic mass is 10.1. The predicted octanol–water partition coefficient (Wildman–Crippen LogP) is -0.633. The maximum Gasteiger partial charge on any atom is 0.182 e. The minimum atomic E-state index is -3.44. The summed E-state index contributed by atoms with van der Waals surface area (Å²) in [7, 11) is -1.84. The molecule has 1 aliphatic rings. The van der Waals surface area contributed by atoms with Gasteiger partial charge in [-0.15, -0.1) is 0 Å². The lowest BCUT2D eigenvalue weighted by molar-refractivity contribution is 0.153. The third-order valence-corrected chi connectivity index (χ3v) is 4.23. The molecule has 7 nitrogen and oxygen atoms in total. The van der Waals surface area contributed by atoms with E-state index in [4.69, 9.17) is 5.73 Å². The molecule has 1 aromatic heterocycles. The average molecular weight is 274 g/mol. The molecule has 0 spiro atoms. The van der Waals surface area contributed by atoms with Crippen molar-refractivity contribution in [1.82, 2.24) is 9.78 Å². The lowest BCUT2D eigenvalue weighted by Crippen LogP contribution is -2.39. The number of sulfone groups is 1. The Kier molecular flexibility index (Phi) is 3.24. The molecule has 102 valence electrons. The summed E-state index contributed by atoms with van der Waals surface area (Å²) in [5.41, 5.74) is 5.76. The van der Waals surface area contributed by atoms with Crippen LogP contribution in [0.4, 0.5) is 11.6 Å². The Labute approximate surface area is 106 Å². The smallest absolute Gasteiger partial charge is 0.182 e. The van der Waals surface area contributed by atoms with Gasteiger partial charge in [0.25, 0.3) is 0 Å². The summed E-state index contributed by atoms with van der Waals surface area (Å²) in [6, 6.07) is 0. The van der Waals surface area contributed by atoms with Crippen LogP contribution < -0.4 is 10.6 Å². The number of nitrogens with two attached hydrogens (primary N) is 1. The minimum Gasteiger partial charge on any atom is -0.391 e. The van der Waals surface area contributed by atoms with E-state index in [1.54, 1.807) is 11.9 Å². The largest absolute Gasteiger partial charge is 0.391 e. The highest BCUT2D eigenvalue weighted by molar-refractivity contribution is 7.91. The molecule has 1 unspecified atom stereocenters. The van der Waals surface area contributed by atoms with E-state index in [0.29, 0.717) is 18.9 Å². The van der Waals surface area contributed by atoms with Crippen LogP contribution in [0.3, 0.4) is 0 Å². The number of aliphatic hydroxyl groups is 1. The Morgan fingerprint density at radius 1 is 1.50 bits per heavy atom. The van der Waals surface area contributed by atoms with E-state index in [1.807, 2.05) is 0 Å². The fourth-order valence-electron chi connectivity index (χ4n) is 2.21. The van der Waals surface area contributed by atoms with E-state index >= 15 is 0 Å². The van der Waals surface area contributed by atoms with Crippen molar-refractivity contribution >= 4 is 21.5 Å². The van der Waals surface area contributed by atoms with Crippen molar-refractivity contribution in [3.05, 3.63) is 0 Å². The van der Waals surface area contributed by atoms with Gasteiger partial charge < -0.3 is 15.7 Å². The Balaban J connectivity index is 2.48. The molecule has 8 heteroatoms. The second-order valence-electron chi connectivity index (χ2n) is 4.68. The molecule has 18 heavy (non-hydrogen) atoms.